The summed E-state index contributed by atoms with van der Waals surface area (Å²) >= 11 is 0. The van der Waals surface area contributed by atoms with Crippen LogP contribution >= 0.6 is 0 Å². The summed E-state index contributed by atoms with van der Waals surface area (Å²) in [6, 6.07) is 0. The molecule has 0 spiro atoms. The van der Waals surface area contributed by atoms with Crippen molar-refractivity contribution in [3.05, 3.63) is 41.3 Å². The molecule has 1 aromatic rings. The standard InChI is InChI=1S/C11H11F4O/c1-3-4-16-5-7-10(14)8(12)6(2)9(13)11(7)15/h2-5H2,1H3. The first-order chi connectivity index (χ1) is 7.50. The van der Waals surface area contributed by atoms with Gasteiger partial charge in [-0.3, -0.25) is 0 Å². The minimum atomic E-state index is -1.48. The molecule has 0 aliphatic heterocycles. The number of halogens is 4. The zero-order chi connectivity index (χ0) is 12.3. The van der Waals surface area contributed by atoms with Gasteiger partial charge in [0.15, 0.2) is 23.3 Å². The van der Waals surface area contributed by atoms with Gasteiger partial charge in [0.25, 0.3) is 0 Å². The van der Waals surface area contributed by atoms with Crippen molar-refractivity contribution in [1.82, 2.24) is 0 Å². The molecule has 0 bridgehead atoms. The van der Waals surface area contributed by atoms with Gasteiger partial charge in [-0.05, 0) is 13.3 Å². The van der Waals surface area contributed by atoms with Crippen LogP contribution in [0.3, 0.4) is 0 Å². The van der Waals surface area contributed by atoms with E-state index in [1.165, 1.54) is 0 Å². The van der Waals surface area contributed by atoms with Crippen molar-refractivity contribution >= 4 is 0 Å². The lowest BCUT2D eigenvalue weighted by Gasteiger charge is -2.09. The van der Waals surface area contributed by atoms with E-state index in [1.54, 1.807) is 6.92 Å². The highest BCUT2D eigenvalue weighted by Gasteiger charge is 2.22. The van der Waals surface area contributed by atoms with E-state index < -0.39 is 41.0 Å². The van der Waals surface area contributed by atoms with Crippen LogP contribution in [0.2, 0.25) is 0 Å². The van der Waals surface area contributed by atoms with Crippen molar-refractivity contribution in [3.8, 4) is 0 Å². The Kier molecular flexibility index (Phi) is 4.29. The quantitative estimate of drug-likeness (QED) is 0.441. The summed E-state index contributed by atoms with van der Waals surface area (Å²) in [6.45, 7) is 4.46. The van der Waals surface area contributed by atoms with Crippen LogP contribution in [0.1, 0.15) is 24.5 Å². The molecular formula is C11H11F4O. The van der Waals surface area contributed by atoms with Crippen LogP contribution in [-0.2, 0) is 11.3 Å². The summed E-state index contributed by atoms with van der Waals surface area (Å²) < 4.78 is 57.4. The Morgan fingerprint density at radius 3 is 1.94 bits per heavy atom. The van der Waals surface area contributed by atoms with Gasteiger partial charge in [-0.2, -0.15) is 0 Å². The molecule has 0 aliphatic rings. The molecule has 0 amide bonds. The monoisotopic (exact) mass is 235 g/mol. The van der Waals surface area contributed by atoms with E-state index in [4.69, 9.17) is 4.74 Å². The Hall–Kier alpha value is -1.10. The zero-order valence-corrected chi connectivity index (χ0v) is 8.75. The van der Waals surface area contributed by atoms with E-state index in [2.05, 4.69) is 6.92 Å². The fourth-order valence-corrected chi connectivity index (χ4v) is 1.17. The summed E-state index contributed by atoms with van der Waals surface area (Å²) in [7, 11) is 0. The number of ether oxygens (including phenoxy) is 1. The van der Waals surface area contributed by atoms with E-state index in [9.17, 15) is 17.6 Å². The lowest BCUT2D eigenvalue weighted by atomic mass is 10.1. The van der Waals surface area contributed by atoms with Crippen molar-refractivity contribution in [1.29, 1.82) is 0 Å². The first kappa shape index (κ1) is 13.0. The highest BCUT2D eigenvalue weighted by molar-refractivity contribution is 5.31. The molecule has 0 aliphatic carbocycles. The Morgan fingerprint density at radius 1 is 1.00 bits per heavy atom. The van der Waals surface area contributed by atoms with E-state index in [-0.39, 0.29) is 6.61 Å². The van der Waals surface area contributed by atoms with Crippen LogP contribution in [0.25, 0.3) is 0 Å². The van der Waals surface area contributed by atoms with E-state index in [0.29, 0.717) is 6.42 Å². The summed E-state index contributed by atoms with van der Waals surface area (Å²) in [6.07, 6.45) is 0.640. The number of rotatable bonds is 4. The molecule has 5 heteroatoms. The maximum Gasteiger partial charge on any atom is 0.167 e. The van der Waals surface area contributed by atoms with Gasteiger partial charge in [-0.25, -0.2) is 17.6 Å². The third kappa shape index (κ3) is 2.35. The van der Waals surface area contributed by atoms with Crippen molar-refractivity contribution in [2.24, 2.45) is 0 Å². The predicted octanol–water partition coefficient (Wildman–Crippen LogP) is 3.35. The summed E-state index contributed by atoms with van der Waals surface area (Å²) in [5.41, 5.74) is -1.65. The largest absolute Gasteiger partial charge is 0.377 e. The molecule has 0 atom stereocenters. The number of hydrogen-bond acceptors (Lipinski definition) is 1. The molecule has 0 heterocycles. The Morgan fingerprint density at radius 2 is 1.50 bits per heavy atom. The molecule has 0 N–H and O–H groups in total. The van der Waals surface area contributed by atoms with Gasteiger partial charge in [0.1, 0.15) is 0 Å². The average molecular weight is 235 g/mol. The minimum Gasteiger partial charge on any atom is -0.377 e. The van der Waals surface area contributed by atoms with Gasteiger partial charge in [0.2, 0.25) is 0 Å². The van der Waals surface area contributed by atoms with Crippen LogP contribution in [0, 0.1) is 30.2 Å². The lowest BCUT2D eigenvalue weighted by molar-refractivity contribution is 0.115. The summed E-state index contributed by atoms with van der Waals surface area (Å²) in [4.78, 5) is 0. The van der Waals surface area contributed by atoms with Crippen LogP contribution < -0.4 is 0 Å². The van der Waals surface area contributed by atoms with Crippen LogP contribution in [0.15, 0.2) is 0 Å². The second kappa shape index (κ2) is 5.30. The van der Waals surface area contributed by atoms with Crippen molar-refractivity contribution in [3.63, 3.8) is 0 Å². The topological polar surface area (TPSA) is 9.23 Å². The molecule has 1 rings (SSSR count). The highest BCUT2D eigenvalue weighted by Crippen LogP contribution is 2.23. The minimum absolute atomic E-state index is 0.258. The SMILES string of the molecule is [CH2]c1c(F)c(F)c(COCCC)c(F)c1F. The van der Waals surface area contributed by atoms with Gasteiger partial charge in [0, 0.05) is 12.2 Å². The Balaban J connectivity index is 3.08. The van der Waals surface area contributed by atoms with Crippen molar-refractivity contribution in [2.45, 2.75) is 20.0 Å². The molecule has 1 radical (unpaired) electrons. The van der Waals surface area contributed by atoms with Crippen LogP contribution in [0.5, 0.6) is 0 Å². The predicted molar refractivity (Wildman–Crippen MR) is 50.7 cm³/mol. The molecule has 0 fully saturated rings. The molecule has 1 nitrogen and oxygen atoms in total. The first-order valence-electron chi connectivity index (χ1n) is 4.75. The van der Waals surface area contributed by atoms with Crippen LogP contribution in [-0.4, -0.2) is 6.61 Å². The summed E-state index contributed by atoms with van der Waals surface area (Å²) in [5.74, 6) is -5.84. The van der Waals surface area contributed by atoms with E-state index in [1.807, 2.05) is 0 Å². The van der Waals surface area contributed by atoms with Gasteiger partial charge < -0.3 is 4.74 Å². The molecule has 0 aromatic heterocycles. The number of hydrogen-bond donors (Lipinski definition) is 0. The molecule has 0 saturated heterocycles. The third-order valence-corrected chi connectivity index (χ3v) is 2.04. The van der Waals surface area contributed by atoms with Crippen molar-refractivity contribution in [2.75, 3.05) is 6.61 Å². The molecule has 89 valence electrons. The molecule has 1 aromatic carbocycles. The van der Waals surface area contributed by atoms with Crippen LogP contribution in [0.4, 0.5) is 17.6 Å². The first-order valence-corrected chi connectivity index (χ1v) is 4.75. The highest BCUT2D eigenvalue weighted by atomic mass is 19.2. The summed E-state index contributed by atoms with van der Waals surface area (Å²) in [5, 5.41) is 0. The second-order valence-corrected chi connectivity index (χ2v) is 3.27. The smallest absolute Gasteiger partial charge is 0.167 e. The van der Waals surface area contributed by atoms with Crippen molar-refractivity contribution < 1.29 is 22.3 Å². The zero-order valence-electron chi connectivity index (χ0n) is 8.75. The van der Waals surface area contributed by atoms with Gasteiger partial charge in [-0.1, -0.05) is 6.92 Å². The fourth-order valence-electron chi connectivity index (χ4n) is 1.17. The number of benzene rings is 1. The Bertz CT molecular complexity index is 361. The van der Waals surface area contributed by atoms with E-state index in [0.717, 1.165) is 0 Å². The maximum atomic E-state index is 13.2. The Labute approximate surface area is 91.0 Å². The maximum absolute atomic E-state index is 13.2. The fraction of sp³-hybridized carbons (Fsp3) is 0.364. The second-order valence-electron chi connectivity index (χ2n) is 3.27. The molecule has 0 unspecified atom stereocenters. The molecule has 16 heavy (non-hydrogen) atoms. The van der Waals surface area contributed by atoms with E-state index >= 15 is 0 Å². The molecule has 0 saturated carbocycles. The average Bonchev–Trinajstić information content (AvgIpc) is 2.28. The molecular weight excluding hydrogens is 224 g/mol. The van der Waals surface area contributed by atoms with Gasteiger partial charge in [0.05, 0.1) is 12.2 Å². The normalized spacial score (nSPS) is 10.9. The van der Waals surface area contributed by atoms with Gasteiger partial charge in [-0.15, -0.1) is 0 Å². The van der Waals surface area contributed by atoms with Gasteiger partial charge >= 0.3 is 0 Å². The third-order valence-electron chi connectivity index (χ3n) is 2.04. The lowest BCUT2D eigenvalue weighted by Crippen LogP contribution is -2.08.